The summed E-state index contributed by atoms with van der Waals surface area (Å²) in [4.78, 5) is 26.4. The van der Waals surface area contributed by atoms with Crippen molar-refractivity contribution >= 4 is 34.7 Å². The Morgan fingerprint density at radius 3 is 2.43 bits per heavy atom. The van der Waals surface area contributed by atoms with E-state index < -0.39 is 11.5 Å². The van der Waals surface area contributed by atoms with Crippen LogP contribution in [0.5, 0.6) is 5.75 Å². The van der Waals surface area contributed by atoms with Crippen LogP contribution in [-0.2, 0) is 9.59 Å². The van der Waals surface area contributed by atoms with E-state index in [4.69, 9.17) is 21.9 Å². The molecule has 1 aromatic carbocycles. The number of carbonyl (C=O) groups excluding carboxylic acids is 2. The first-order valence-electron chi connectivity index (χ1n) is 8.83. The van der Waals surface area contributed by atoms with Gasteiger partial charge < -0.3 is 37.6 Å². The minimum atomic E-state index is -0.955. The highest BCUT2D eigenvalue weighted by Crippen LogP contribution is 2.36. The number of aromatic nitrogens is 1. The number of primary amides is 1. The molecule has 9 N–H and O–H groups in total. The predicted octanol–water partition coefficient (Wildman–Crippen LogP) is 1.96. The van der Waals surface area contributed by atoms with Gasteiger partial charge in [-0.05, 0) is 38.1 Å². The molecule has 1 aromatic heterocycles. The second-order valence-electron chi connectivity index (χ2n) is 6.36. The van der Waals surface area contributed by atoms with Crippen molar-refractivity contribution in [2.24, 2.45) is 11.5 Å². The molecule has 0 aliphatic carbocycles. The van der Waals surface area contributed by atoms with Crippen LogP contribution in [0.2, 0.25) is 0 Å². The summed E-state index contributed by atoms with van der Waals surface area (Å²) in [6, 6.07) is 6.76. The average molecular weight is 386 g/mol. The molecule has 3 rings (SSSR count). The Morgan fingerprint density at radius 1 is 1.18 bits per heavy atom. The van der Waals surface area contributed by atoms with Crippen LogP contribution in [-0.4, -0.2) is 22.4 Å². The van der Waals surface area contributed by atoms with Gasteiger partial charge in [-0.15, -0.1) is 0 Å². The van der Waals surface area contributed by atoms with Crippen molar-refractivity contribution in [2.45, 2.75) is 33.3 Å². The summed E-state index contributed by atoms with van der Waals surface area (Å²) in [5, 5.41) is 5.82. The van der Waals surface area contributed by atoms with E-state index in [9.17, 15) is 9.59 Å². The fourth-order valence-corrected chi connectivity index (χ4v) is 2.54. The number of amides is 2. The van der Waals surface area contributed by atoms with E-state index in [-0.39, 0.29) is 17.3 Å². The molecule has 0 saturated carbocycles. The Bertz CT molecular complexity index is 930. The van der Waals surface area contributed by atoms with Gasteiger partial charge in [0, 0.05) is 17.4 Å². The zero-order valence-corrected chi connectivity index (χ0v) is 16.3. The van der Waals surface area contributed by atoms with E-state index in [0.29, 0.717) is 28.5 Å². The maximum atomic E-state index is 12.1. The molecule has 0 bridgehead atoms. The van der Waals surface area contributed by atoms with Gasteiger partial charge in [-0.1, -0.05) is 13.8 Å². The highest BCUT2D eigenvalue weighted by Gasteiger charge is 2.35. The lowest BCUT2D eigenvalue weighted by molar-refractivity contribution is -0.129. The van der Waals surface area contributed by atoms with E-state index in [1.54, 1.807) is 44.3 Å². The van der Waals surface area contributed by atoms with Crippen molar-refractivity contribution in [1.29, 1.82) is 0 Å². The van der Waals surface area contributed by atoms with Gasteiger partial charge in [0.2, 0.25) is 0 Å². The maximum Gasteiger partial charge on any atom is 0.268 e. The molecular weight excluding hydrogens is 360 g/mol. The largest absolute Gasteiger partial charge is 0.476 e. The van der Waals surface area contributed by atoms with Gasteiger partial charge in [0.15, 0.2) is 5.60 Å². The SMILES string of the molecule is CC.CC1(C)Oc2ccc(N/C(=C(/N)C(N)=O)c3cc[nH]c3N)cc2NC1=O. The van der Waals surface area contributed by atoms with E-state index in [1.165, 1.54) is 0 Å². The quantitative estimate of drug-likeness (QED) is 0.440. The number of hydrogen-bond acceptors (Lipinski definition) is 6. The Hall–Kier alpha value is -3.62. The minimum absolute atomic E-state index is 0.171. The predicted molar refractivity (Wildman–Crippen MR) is 110 cm³/mol. The van der Waals surface area contributed by atoms with Gasteiger partial charge in [-0.2, -0.15) is 0 Å². The molecule has 0 fully saturated rings. The van der Waals surface area contributed by atoms with Crippen LogP contribution in [0.4, 0.5) is 17.2 Å². The van der Waals surface area contributed by atoms with Crippen LogP contribution in [0.1, 0.15) is 33.3 Å². The standard InChI is InChI=1S/C17H20N6O3.C2H6/c1-17(2)16(25)23-10-7-8(3-4-11(10)26-17)22-13(12(18)15(20)24)9-5-6-21-14(9)19;1-2/h3-7,21-22H,18-19H2,1-2H3,(H2,20,24)(H,23,25);1-2H3/b13-12+;. The number of carbonyl (C=O) groups is 2. The van der Waals surface area contributed by atoms with Crippen LogP contribution >= 0.6 is 0 Å². The molecule has 1 aliphatic heterocycles. The monoisotopic (exact) mass is 386 g/mol. The molecule has 0 saturated heterocycles. The molecule has 9 heteroatoms. The highest BCUT2D eigenvalue weighted by molar-refractivity contribution is 6.03. The zero-order valence-electron chi connectivity index (χ0n) is 16.3. The Kier molecular flexibility index (Phi) is 5.87. The number of hydrogen-bond donors (Lipinski definition) is 6. The van der Waals surface area contributed by atoms with E-state index in [1.807, 2.05) is 13.8 Å². The van der Waals surface area contributed by atoms with Gasteiger partial charge in [0.1, 0.15) is 17.3 Å². The molecule has 9 nitrogen and oxygen atoms in total. The fourth-order valence-electron chi connectivity index (χ4n) is 2.54. The number of nitrogens with one attached hydrogen (secondary N) is 3. The normalized spacial score (nSPS) is 15.1. The van der Waals surface area contributed by atoms with Crippen LogP contribution in [0.25, 0.3) is 5.70 Å². The number of aromatic amines is 1. The summed E-state index contributed by atoms with van der Waals surface area (Å²) in [7, 11) is 0. The molecule has 2 heterocycles. The van der Waals surface area contributed by atoms with Crippen molar-refractivity contribution in [3.05, 3.63) is 41.7 Å². The van der Waals surface area contributed by atoms with Gasteiger partial charge >= 0.3 is 0 Å². The van der Waals surface area contributed by atoms with Crippen LogP contribution in [0.15, 0.2) is 36.2 Å². The smallest absolute Gasteiger partial charge is 0.268 e. The zero-order chi connectivity index (χ0) is 21.1. The van der Waals surface area contributed by atoms with Crippen molar-refractivity contribution in [1.82, 2.24) is 4.98 Å². The fraction of sp³-hybridized carbons (Fsp3) is 0.263. The molecular formula is C19H26N6O3. The van der Waals surface area contributed by atoms with Crippen molar-refractivity contribution < 1.29 is 14.3 Å². The third-order valence-corrected chi connectivity index (χ3v) is 3.99. The van der Waals surface area contributed by atoms with E-state index in [2.05, 4.69) is 15.6 Å². The molecule has 150 valence electrons. The van der Waals surface area contributed by atoms with Crippen LogP contribution in [0, 0.1) is 0 Å². The first-order valence-corrected chi connectivity index (χ1v) is 8.83. The first-order chi connectivity index (χ1) is 13.2. The van der Waals surface area contributed by atoms with Crippen molar-refractivity contribution in [3.63, 3.8) is 0 Å². The molecule has 0 spiro atoms. The van der Waals surface area contributed by atoms with Gasteiger partial charge in [0.05, 0.1) is 11.4 Å². The van der Waals surface area contributed by atoms with Gasteiger partial charge in [0.25, 0.3) is 11.8 Å². The first kappa shape index (κ1) is 20.7. The number of fused-ring (bicyclic) bond motifs is 1. The number of ether oxygens (including phenoxy) is 1. The molecule has 1 aliphatic rings. The summed E-state index contributed by atoms with van der Waals surface area (Å²) < 4.78 is 5.69. The molecule has 0 atom stereocenters. The summed E-state index contributed by atoms with van der Waals surface area (Å²) in [5.74, 6) is -0.184. The van der Waals surface area contributed by atoms with Crippen LogP contribution in [0.3, 0.4) is 0 Å². The molecule has 2 amide bonds. The lowest BCUT2D eigenvalue weighted by Gasteiger charge is -2.31. The second-order valence-corrected chi connectivity index (χ2v) is 6.36. The number of H-pyrrole nitrogens is 1. The Labute approximate surface area is 163 Å². The number of benzene rings is 1. The molecule has 0 radical (unpaired) electrons. The number of nitrogens with two attached hydrogens (primary N) is 3. The van der Waals surface area contributed by atoms with Crippen LogP contribution < -0.4 is 32.6 Å². The topological polar surface area (TPSA) is 161 Å². The molecule has 28 heavy (non-hydrogen) atoms. The minimum Gasteiger partial charge on any atom is -0.476 e. The highest BCUT2D eigenvalue weighted by atomic mass is 16.5. The number of anilines is 3. The van der Waals surface area contributed by atoms with Gasteiger partial charge in [-0.25, -0.2) is 0 Å². The van der Waals surface area contributed by atoms with Crippen molar-refractivity contribution in [2.75, 3.05) is 16.4 Å². The third-order valence-electron chi connectivity index (χ3n) is 3.99. The maximum absolute atomic E-state index is 12.1. The molecule has 2 aromatic rings. The summed E-state index contributed by atoms with van der Waals surface area (Å²) in [5.41, 5.74) is 17.7. The second kappa shape index (κ2) is 7.95. The summed E-state index contributed by atoms with van der Waals surface area (Å²) >= 11 is 0. The number of rotatable bonds is 4. The Morgan fingerprint density at radius 2 is 1.86 bits per heavy atom. The Balaban J connectivity index is 0.00000136. The lowest BCUT2D eigenvalue weighted by atomic mass is 10.1. The van der Waals surface area contributed by atoms with E-state index in [0.717, 1.165) is 0 Å². The lowest BCUT2D eigenvalue weighted by Crippen LogP contribution is -2.45. The van der Waals surface area contributed by atoms with Gasteiger partial charge in [-0.3, -0.25) is 9.59 Å². The van der Waals surface area contributed by atoms with E-state index >= 15 is 0 Å². The number of nitrogen functional groups attached to an aromatic ring is 1. The molecule has 0 unspecified atom stereocenters. The third kappa shape index (κ3) is 4.03. The summed E-state index contributed by atoms with van der Waals surface area (Å²) in [6.45, 7) is 7.36. The van der Waals surface area contributed by atoms with Crippen molar-refractivity contribution in [3.8, 4) is 5.75 Å². The average Bonchev–Trinajstić information content (AvgIpc) is 3.07. The summed E-state index contributed by atoms with van der Waals surface area (Å²) in [6.07, 6.45) is 1.61.